The first-order valence-electron chi connectivity index (χ1n) is 6.95. The molecule has 3 heteroatoms. The van der Waals surface area contributed by atoms with Crippen LogP contribution in [0.4, 0.5) is 0 Å². The summed E-state index contributed by atoms with van der Waals surface area (Å²) < 4.78 is 0. The number of nitriles is 1. The smallest absolute Gasteiger partial charge is 0.266 e. The van der Waals surface area contributed by atoms with Crippen molar-refractivity contribution in [3.63, 3.8) is 0 Å². The monoisotopic (exact) mass is 264 g/mol. The lowest BCUT2D eigenvalue weighted by Crippen LogP contribution is -2.12. The molecular weight excluding hydrogens is 248 g/mol. The van der Waals surface area contributed by atoms with Gasteiger partial charge in [-0.15, -0.1) is 0 Å². The molecule has 3 nitrogen and oxygen atoms in total. The van der Waals surface area contributed by atoms with Crippen molar-refractivity contribution < 1.29 is 0 Å². The van der Waals surface area contributed by atoms with Gasteiger partial charge in [-0.25, -0.2) is 0 Å². The lowest BCUT2D eigenvalue weighted by atomic mass is 9.89. The predicted octanol–water partition coefficient (Wildman–Crippen LogP) is 3.10. The number of benzene rings is 1. The van der Waals surface area contributed by atoms with Gasteiger partial charge in [-0.2, -0.15) is 5.26 Å². The summed E-state index contributed by atoms with van der Waals surface area (Å²) >= 11 is 0. The number of hydrogen-bond donors (Lipinski definition) is 1. The molecule has 0 amide bonds. The van der Waals surface area contributed by atoms with Crippen LogP contribution in [0.5, 0.6) is 0 Å². The van der Waals surface area contributed by atoms with Crippen LogP contribution >= 0.6 is 0 Å². The van der Waals surface area contributed by atoms with E-state index < -0.39 is 0 Å². The van der Waals surface area contributed by atoms with Crippen molar-refractivity contribution in [2.75, 3.05) is 0 Å². The third-order valence-electron chi connectivity index (χ3n) is 4.00. The quantitative estimate of drug-likeness (QED) is 0.860. The molecule has 3 rings (SSSR count). The topological polar surface area (TPSA) is 56.6 Å². The minimum atomic E-state index is -0.314. The minimum Gasteiger partial charge on any atom is -0.321 e. The lowest BCUT2D eigenvalue weighted by molar-refractivity contribution is 0.686. The van der Waals surface area contributed by atoms with Crippen LogP contribution in [0.3, 0.4) is 0 Å². The average Bonchev–Trinajstić information content (AvgIpc) is 2.48. The molecule has 0 atom stereocenters. The Kier molecular flexibility index (Phi) is 3.15. The molecule has 100 valence electrons. The molecule has 1 aromatic carbocycles. The Morgan fingerprint density at radius 1 is 1.15 bits per heavy atom. The SMILES string of the molecule is Cc1cc(C#N)c(=O)[nH]c1-c1ccc2c(c1)CCCC2. The van der Waals surface area contributed by atoms with Gasteiger partial charge in [0.05, 0.1) is 5.69 Å². The van der Waals surface area contributed by atoms with E-state index in [-0.39, 0.29) is 11.1 Å². The normalized spacial score (nSPS) is 13.6. The summed E-state index contributed by atoms with van der Waals surface area (Å²) in [5.41, 5.74) is 5.45. The number of nitrogens with zero attached hydrogens (tertiary/aromatic N) is 1. The summed E-state index contributed by atoms with van der Waals surface area (Å²) in [6, 6.07) is 9.99. The number of aryl methyl sites for hydroxylation is 3. The lowest BCUT2D eigenvalue weighted by Gasteiger charge is -2.17. The first-order valence-corrected chi connectivity index (χ1v) is 6.95. The summed E-state index contributed by atoms with van der Waals surface area (Å²) in [5, 5.41) is 8.89. The maximum atomic E-state index is 11.8. The summed E-state index contributed by atoms with van der Waals surface area (Å²) in [5.74, 6) is 0. The largest absolute Gasteiger partial charge is 0.321 e. The highest BCUT2D eigenvalue weighted by Gasteiger charge is 2.12. The third kappa shape index (κ3) is 2.14. The molecule has 1 N–H and O–H groups in total. The van der Waals surface area contributed by atoms with Crippen molar-refractivity contribution in [3.05, 3.63) is 56.9 Å². The molecule has 1 aliphatic carbocycles. The van der Waals surface area contributed by atoms with Crippen molar-refractivity contribution in [2.24, 2.45) is 0 Å². The zero-order chi connectivity index (χ0) is 14.1. The maximum Gasteiger partial charge on any atom is 0.266 e. The molecule has 20 heavy (non-hydrogen) atoms. The Hall–Kier alpha value is -2.34. The first kappa shape index (κ1) is 12.7. The van der Waals surface area contributed by atoms with E-state index in [4.69, 9.17) is 5.26 Å². The molecule has 0 spiro atoms. The van der Waals surface area contributed by atoms with Crippen molar-refractivity contribution in [2.45, 2.75) is 32.6 Å². The zero-order valence-corrected chi connectivity index (χ0v) is 11.5. The fourth-order valence-electron chi connectivity index (χ4n) is 2.91. The number of fused-ring (bicyclic) bond motifs is 1. The molecule has 1 heterocycles. The Balaban J connectivity index is 2.12. The number of rotatable bonds is 1. The summed E-state index contributed by atoms with van der Waals surface area (Å²) in [4.78, 5) is 14.6. The van der Waals surface area contributed by atoms with E-state index in [1.165, 1.54) is 24.0 Å². The fourth-order valence-corrected chi connectivity index (χ4v) is 2.91. The molecule has 0 fully saturated rings. The van der Waals surface area contributed by atoms with Crippen LogP contribution in [0.25, 0.3) is 11.3 Å². The summed E-state index contributed by atoms with van der Waals surface area (Å²) in [7, 11) is 0. The Labute approximate surface area is 117 Å². The highest BCUT2D eigenvalue weighted by atomic mass is 16.1. The van der Waals surface area contributed by atoms with Crippen molar-refractivity contribution in [3.8, 4) is 17.3 Å². The van der Waals surface area contributed by atoms with Crippen LogP contribution in [0.15, 0.2) is 29.1 Å². The highest BCUT2D eigenvalue weighted by molar-refractivity contribution is 5.65. The number of aromatic nitrogens is 1. The highest BCUT2D eigenvalue weighted by Crippen LogP contribution is 2.27. The fraction of sp³-hybridized carbons (Fsp3) is 0.294. The molecule has 0 radical (unpaired) electrons. The molecular formula is C17H16N2O. The van der Waals surface area contributed by atoms with E-state index in [0.29, 0.717) is 0 Å². The molecule has 0 saturated carbocycles. The standard InChI is InChI=1S/C17H16N2O/c1-11-8-15(10-18)17(20)19-16(11)14-7-6-12-4-2-3-5-13(12)9-14/h6-9H,2-5H2,1H3,(H,19,20). The van der Waals surface area contributed by atoms with Gasteiger partial charge in [-0.1, -0.05) is 12.1 Å². The Morgan fingerprint density at radius 3 is 2.65 bits per heavy atom. The van der Waals surface area contributed by atoms with Gasteiger partial charge >= 0.3 is 0 Å². The number of nitrogens with one attached hydrogen (secondary N) is 1. The average molecular weight is 264 g/mol. The Morgan fingerprint density at radius 2 is 1.90 bits per heavy atom. The van der Waals surface area contributed by atoms with Crippen molar-refractivity contribution in [1.82, 2.24) is 4.98 Å². The van der Waals surface area contributed by atoms with Gasteiger partial charge < -0.3 is 4.98 Å². The van der Waals surface area contributed by atoms with Gasteiger partial charge in [0, 0.05) is 0 Å². The van der Waals surface area contributed by atoms with E-state index in [1.807, 2.05) is 13.0 Å². The first-order chi connectivity index (χ1) is 9.69. The van der Waals surface area contributed by atoms with E-state index >= 15 is 0 Å². The van der Waals surface area contributed by atoms with Gasteiger partial charge in [0.25, 0.3) is 5.56 Å². The van der Waals surface area contributed by atoms with E-state index in [0.717, 1.165) is 29.7 Å². The number of H-pyrrole nitrogens is 1. The van der Waals surface area contributed by atoms with Crippen LogP contribution in [-0.2, 0) is 12.8 Å². The summed E-state index contributed by atoms with van der Waals surface area (Å²) in [6.07, 6.45) is 4.76. The zero-order valence-electron chi connectivity index (χ0n) is 11.5. The van der Waals surface area contributed by atoms with Gasteiger partial charge in [-0.05, 0) is 67.0 Å². The van der Waals surface area contributed by atoms with E-state index in [1.54, 1.807) is 6.07 Å². The van der Waals surface area contributed by atoms with Crippen LogP contribution in [0.2, 0.25) is 0 Å². The molecule has 1 aromatic heterocycles. The van der Waals surface area contributed by atoms with E-state index in [2.05, 4.69) is 23.2 Å². The third-order valence-corrected chi connectivity index (χ3v) is 4.00. The molecule has 0 aliphatic heterocycles. The van der Waals surface area contributed by atoms with Crippen LogP contribution in [0.1, 0.15) is 35.1 Å². The van der Waals surface area contributed by atoms with Gasteiger partial charge in [0.2, 0.25) is 0 Å². The van der Waals surface area contributed by atoms with E-state index in [9.17, 15) is 4.79 Å². The predicted molar refractivity (Wildman–Crippen MR) is 78.6 cm³/mol. The molecule has 0 bridgehead atoms. The van der Waals surface area contributed by atoms with Crippen LogP contribution in [-0.4, -0.2) is 4.98 Å². The van der Waals surface area contributed by atoms with Gasteiger partial charge in [0.1, 0.15) is 11.6 Å². The second-order valence-electron chi connectivity index (χ2n) is 5.37. The summed E-state index contributed by atoms with van der Waals surface area (Å²) in [6.45, 7) is 1.92. The van der Waals surface area contributed by atoms with Gasteiger partial charge in [0.15, 0.2) is 0 Å². The molecule has 1 aliphatic rings. The number of pyridine rings is 1. The Bertz CT molecular complexity index is 766. The number of aromatic amines is 1. The molecule has 0 unspecified atom stereocenters. The molecule has 0 saturated heterocycles. The maximum absolute atomic E-state index is 11.8. The van der Waals surface area contributed by atoms with Crippen molar-refractivity contribution in [1.29, 1.82) is 5.26 Å². The second kappa shape index (κ2) is 4.97. The minimum absolute atomic E-state index is 0.171. The second-order valence-corrected chi connectivity index (χ2v) is 5.37. The molecule has 2 aromatic rings. The van der Waals surface area contributed by atoms with Crippen LogP contribution < -0.4 is 5.56 Å². The number of hydrogen-bond acceptors (Lipinski definition) is 2. The van der Waals surface area contributed by atoms with Crippen molar-refractivity contribution >= 4 is 0 Å². The van der Waals surface area contributed by atoms with Crippen LogP contribution in [0, 0.1) is 18.3 Å². The van der Waals surface area contributed by atoms with Gasteiger partial charge in [-0.3, -0.25) is 4.79 Å².